The fourth-order valence-corrected chi connectivity index (χ4v) is 1.93. The van der Waals surface area contributed by atoms with Crippen LogP contribution in [0.4, 0.5) is 0 Å². The number of carbonyl (C=O) groups excluding carboxylic acids is 2. The predicted octanol–water partition coefficient (Wildman–Crippen LogP) is 3.13. The molecular weight excluding hydrogens is 296 g/mol. The van der Waals surface area contributed by atoms with E-state index in [4.69, 9.17) is 4.74 Å². The first-order valence-electron chi connectivity index (χ1n) is 5.85. The zero-order chi connectivity index (χ0) is 13.7. The fraction of sp³-hybridized carbons (Fsp3) is 0.429. The van der Waals surface area contributed by atoms with Gasteiger partial charge in [0.25, 0.3) is 0 Å². The van der Waals surface area contributed by atoms with E-state index < -0.39 is 0 Å². The van der Waals surface area contributed by atoms with Gasteiger partial charge in [-0.2, -0.15) is 0 Å². The summed E-state index contributed by atoms with van der Waals surface area (Å²) in [6.07, 6.45) is 0.241. The van der Waals surface area contributed by atoms with Crippen LogP contribution in [0.3, 0.4) is 0 Å². The molecule has 1 unspecified atom stereocenters. The summed E-state index contributed by atoms with van der Waals surface area (Å²) in [5.74, 6) is -0.201. The molecule has 0 radical (unpaired) electrons. The average Bonchev–Trinajstić information content (AvgIpc) is 2.31. The van der Waals surface area contributed by atoms with Crippen LogP contribution in [0.25, 0.3) is 0 Å². The number of halogens is 1. The summed E-state index contributed by atoms with van der Waals surface area (Å²) in [6.45, 7) is 5.64. The molecule has 18 heavy (non-hydrogen) atoms. The van der Waals surface area contributed by atoms with Gasteiger partial charge in [-0.1, -0.05) is 34.1 Å². The van der Waals surface area contributed by atoms with E-state index in [-0.39, 0.29) is 23.0 Å². The van der Waals surface area contributed by atoms with Gasteiger partial charge in [-0.3, -0.25) is 9.59 Å². The standard InChI is InChI=1S/C14H17BrO3/c1-4-18-13(17)8-12-7-11(6-5-9(12)2)14(15)10(3)16/h5-7,14H,4,8H2,1-3H3. The molecule has 0 aliphatic rings. The molecule has 0 saturated carbocycles. The summed E-state index contributed by atoms with van der Waals surface area (Å²) >= 11 is 3.34. The van der Waals surface area contributed by atoms with Crippen molar-refractivity contribution >= 4 is 27.7 Å². The molecule has 1 aromatic carbocycles. The lowest BCUT2D eigenvalue weighted by atomic mass is 10.00. The van der Waals surface area contributed by atoms with Crippen molar-refractivity contribution in [1.82, 2.24) is 0 Å². The van der Waals surface area contributed by atoms with Crippen molar-refractivity contribution in [3.8, 4) is 0 Å². The van der Waals surface area contributed by atoms with Crippen molar-refractivity contribution < 1.29 is 14.3 Å². The fourth-order valence-electron chi connectivity index (χ4n) is 1.64. The van der Waals surface area contributed by atoms with E-state index in [9.17, 15) is 9.59 Å². The van der Waals surface area contributed by atoms with Crippen molar-refractivity contribution in [1.29, 1.82) is 0 Å². The number of hydrogen-bond acceptors (Lipinski definition) is 3. The highest BCUT2D eigenvalue weighted by Crippen LogP contribution is 2.26. The molecule has 0 aromatic heterocycles. The highest BCUT2D eigenvalue weighted by Gasteiger charge is 2.15. The van der Waals surface area contributed by atoms with Gasteiger partial charge in [0.15, 0.2) is 0 Å². The number of Topliss-reactive ketones (excluding diaryl/α,β-unsaturated/α-hetero) is 1. The highest BCUT2D eigenvalue weighted by molar-refractivity contribution is 9.09. The van der Waals surface area contributed by atoms with E-state index in [0.717, 1.165) is 16.7 Å². The van der Waals surface area contributed by atoms with Gasteiger partial charge in [0.1, 0.15) is 5.78 Å². The topological polar surface area (TPSA) is 43.4 Å². The maximum atomic E-state index is 11.5. The Labute approximate surface area is 116 Å². The second-order valence-corrected chi connectivity index (χ2v) is 5.06. The van der Waals surface area contributed by atoms with Crippen molar-refractivity contribution in [2.45, 2.75) is 32.0 Å². The maximum Gasteiger partial charge on any atom is 0.310 e. The monoisotopic (exact) mass is 312 g/mol. The Hall–Kier alpha value is -1.16. The van der Waals surface area contributed by atoms with Crippen LogP contribution < -0.4 is 0 Å². The van der Waals surface area contributed by atoms with Gasteiger partial charge in [-0.05, 0) is 37.5 Å². The van der Waals surface area contributed by atoms with Gasteiger partial charge >= 0.3 is 5.97 Å². The lowest BCUT2D eigenvalue weighted by Crippen LogP contribution is -2.09. The van der Waals surface area contributed by atoms with Crippen LogP contribution in [0.5, 0.6) is 0 Å². The van der Waals surface area contributed by atoms with Gasteiger partial charge in [0.05, 0.1) is 17.9 Å². The zero-order valence-corrected chi connectivity index (χ0v) is 12.4. The molecule has 0 saturated heterocycles. The smallest absolute Gasteiger partial charge is 0.310 e. The summed E-state index contributed by atoms with van der Waals surface area (Å²) in [4.78, 5) is 22.5. The maximum absolute atomic E-state index is 11.5. The molecule has 0 aliphatic carbocycles. The number of alkyl halides is 1. The molecule has 98 valence electrons. The van der Waals surface area contributed by atoms with Gasteiger partial charge in [-0.25, -0.2) is 0 Å². The molecular formula is C14H17BrO3. The second-order valence-electron chi connectivity index (χ2n) is 4.14. The Morgan fingerprint density at radius 2 is 2.06 bits per heavy atom. The third kappa shape index (κ3) is 3.95. The number of esters is 1. The van der Waals surface area contributed by atoms with Crippen LogP contribution in [0, 0.1) is 6.92 Å². The second kappa shape index (κ2) is 6.69. The minimum Gasteiger partial charge on any atom is -0.466 e. The predicted molar refractivity (Wildman–Crippen MR) is 73.9 cm³/mol. The van der Waals surface area contributed by atoms with E-state index >= 15 is 0 Å². The number of benzene rings is 1. The van der Waals surface area contributed by atoms with Crippen LogP contribution >= 0.6 is 15.9 Å². The van der Waals surface area contributed by atoms with E-state index in [1.807, 2.05) is 25.1 Å². The molecule has 1 atom stereocenters. The van der Waals surface area contributed by atoms with E-state index in [0.29, 0.717) is 6.61 Å². The number of ketones is 1. The molecule has 0 spiro atoms. The van der Waals surface area contributed by atoms with Crippen LogP contribution in [-0.4, -0.2) is 18.4 Å². The number of carbonyl (C=O) groups is 2. The summed E-state index contributed by atoms with van der Waals surface area (Å²) in [5, 5.41) is 0. The molecule has 0 heterocycles. The summed E-state index contributed by atoms with van der Waals surface area (Å²) < 4.78 is 4.93. The molecule has 0 bridgehead atoms. The lowest BCUT2D eigenvalue weighted by molar-refractivity contribution is -0.142. The normalized spacial score (nSPS) is 12.0. The first kappa shape index (κ1) is 14.9. The van der Waals surface area contributed by atoms with Gasteiger partial charge in [-0.15, -0.1) is 0 Å². The van der Waals surface area contributed by atoms with Gasteiger partial charge < -0.3 is 4.74 Å². The Kier molecular flexibility index (Phi) is 5.54. The van der Waals surface area contributed by atoms with Crippen LogP contribution in [-0.2, 0) is 20.7 Å². The van der Waals surface area contributed by atoms with Gasteiger partial charge in [0.2, 0.25) is 0 Å². The lowest BCUT2D eigenvalue weighted by Gasteiger charge is -2.11. The van der Waals surface area contributed by atoms with Crippen molar-refractivity contribution in [2.75, 3.05) is 6.61 Å². The molecule has 0 N–H and O–H groups in total. The zero-order valence-electron chi connectivity index (χ0n) is 10.8. The molecule has 1 rings (SSSR count). The molecule has 3 nitrogen and oxygen atoms in total. The van der Waals surface area contributed by atoms with Crippen LogP contribution in [0.2, 0.25) is 0 Å². The molecule has 0 amide bonds. The Bertz CT molecular complexity index is 454. The summed E-state index contributed by atoms with van der Waals surface area (Å²) in [6, 6.07) is 5.69. The Balaban J connectivity index is 2.94. The first-order valence-corrected chi connectivity index (χ1v) is 6.76. The molecule has 0 aliphatic heterocycles. The van der Waals surface area contributed by atoms with Crippen LogP contribution in [0.1, 0.15) is 35.4 Å². The van der Waals surface area contributed by atoms with E-state index in [2.05, 4.69) is 15.9 Å². The molecule has 4 heteroatoms. The third-order valence-corrected chi connectivity index (χ3v) is 3.84. The summed E-state index contributed by atoms with van der Waals surface area (Å²) in [5.41, 5.74) is 2.79. The quantitative estimate of drug-likeness (QED) is 0.619. The van der Waals surface area contributed by atoms with E-state index in [1.54, 1.807) is 6.92 Å². The van der Waals surface area contributed by atoms with Crippen LogP contribution in [0.15, 0.2) is 18.2 Å². The number of aryl methyl sites for hydroxylation is 1. The van der Waals surface area contributed by atoms with Crippen molar-refractivity contribution in [2.24, 2.45) is 0 Å². The largest absolute Gasteiger partial charge is 0.466 e. The first-order chi connectivity index (χ1) is 8.45. The number of ether oxygens (including phenoxy) is 1. The highest BCUT2D eigenvalue weighted by atomic mass is 79.9. The third-order valence-electron chi connectivity index (χ3n) is 2.66. The van der Waals surface area contributed by atoms with E-state index in [1.165, 1.54) is 6.92 Å². The van der Waals surface area contributed by atoms with Gasteiger partial charge in [0, 0.05) is 0 Å². The Morgan fingerprint density at radius 1 is 1.39 bits per heavy atom. The summed E-state index contributed by atoms with van der Waals surface area (Å²) in [7, 11) is 0. The Morgan fingerprint density at radius 3 is 2.61 bits per heavy atom. The van der Waals surface area contributed by atoms with Crippen molar-refractivity contribution in [3.05, 3.63) is 34.9 Å². The SMILES string of the molecule is CCOC(=O)Cc1cc(C(Br)C(C)=O)ccc1C. The van der Waals surface area contributed by atoms with Crippen molar-refractivity contribution in [3.63, 3.8) is 0 Å². The molecule has 1 aromatic rings. The minimum atomic E-state index is -0.320. The average molecular weight is 313 g/mol. The molecule has 0 fully saturated rings. The number of rotatable bonds is 5. The minimum absolute atomic E-state index is 0.0425. The number of hydrogen-bond donors (Lipinski definition) is 0.